The molecule has 1 aliphatic heterocycles. The number of rotatable bonds is 5. The van der Waals surface area contributed by atoms with E-state index in [1.54, 1.807) is 24.3 Å². The molecule has 1 heterocycles. The number of piperidine rings is 1. The van der Waals surface area contributed by atoms with Gasteiger partial charge in [0.05, 0.1) is 0 Å². The highest BCUT2D eigenvalue weighted by atomic mass is 35.5. The maximum absolute atomic E-state index is 12.3. The van der Waals surface area contributed by atoms with Gasteiger partial charge in [-0.15, -0.1) is 0 Å². The molecule has 2 N–H and O–H groups in total. The lowest BCUT2D eigenvalue weighted by Gasteiger charge is -2.34. The standard InChI is InChI=1S/C17H23ClN2O2/c1-12(19)14-3-2-10-20(11-14)17(22)9-8-16(21)13-4-6-15(18)7-5-13/h4-7,12,14H,2-3,8-11,19H2,1H3. The first-order chi connectivity index (χ1) is 10.5. The lowest BCUT2D eigenvalue weighted by atomic mass is 9.92. The lowest BCUT2D eigenvalue weighted by Crippen LogP contribution is -2.45. The molecule has 0 radical (unpaired) electrons. The van der Waals surface area contributed by atoms with Crippen LogP contribution in [0.5, 0.6) is 0 Å². The molecule has 2 unspecified atom stereocenters. The lowest BCUT2D eigenvalue weighted by molar-refractivity contribution is -0.133. The largest absolute Gasteiger partial charge is 0.342 e. The number of halogens is 1. The van der Waals surface area contributed by atoms with Crippen molar-refractivity contribution in [2.24, 2.45) is 11.7 Å². The molecule has 0 aliphatic carbocycles. The second-order valence-electron chi connectivity index (χ2n) is 6.03. The number of benzene rings is 1. The van der Waals surface area contributed by atoms with Gasteiger partial charge in [0.2, 0.25) is 5.91 Å². The number of nitrogens with two attached hydrogens (primary N) is 1. The van der Waals surface area contributed by atoms with E-state index in [0.717, 1.165) is 19.4 Å². The number of carbonyl (C=O) groups excluding carboxylic acids is 2. The van der Waals surface area contributed by atoms with Gasteiger partial charge in [-0.05, 0) is 49.9 Å². The second-order valence-corrected chi connectivity index (χ2v) is 6.47. The molecule has 1 amide bonds. The van der Waals surface area contributed by atoms with E-state index >= 15 is 0 Å². The van der Waals surface area contributed by atoms with Crippen LogP contribution in [-0.4, -0.2) is 35.7 Å². The van der Waals surface area contributed by atoms with Gasteiger partial charge in [0.1, 0.15) is 0 Å². The molecule has 0 aromatic heterocycles. The molecular formula is C17H23ClN2O2. The molecule has 1 aliphatic rings. The minimum absolute atomic E-state index is 0.0224. The van der Waals surface area contributed by atoms with E-state index in [-0.39, 0.29) is 30.6 Å². The summed E-state index contributed by atoms with van der Waals surface area (Å²) in [6.45, 7) is 3.48. The molecule has 22 heavy (non-hydrogen) atoms. The first-order valence-electron chi connectivity index (χ1n) is 7.79. The third-order valence-corrected chi connectivity index (χ3v) is 4.54. The summed E-state index contributed by atoms with van der Waals surface area (Å²) < 4.78 is 0. The van der Waals surface area contributed by atoms with Crippen LogP contribution in [0.4, 0.5) is 0 Å². The Bertz CT molecular complexity index is 528. The van der Waals surface area contributed by atoms with Crippen LogP contribution in [0, 0.1) is 5.92 Å². The topological polar surface area (TPSA) is 63.4 Å². The molecule has 4 nitrogen and oxygen atoms in total. The van der Waals surface area contributed by atoms with Gasteiger partial charge in [0.15, 0.2) is 5.78 Å². The highest BCUT2D eigenvalue weighted by Gasteiger charge is 2.25. The zero-order valence-electron chi connectivity index (χ0n) is 12.9. The number of likely N-dealkylation sites (tertiary alicyclic amines) is 1. The first kappa shape index (κ1) is 17.0. The Morgan fingerprint density at radius 3 is 2.64 bits per heavy atom. The predicted molar refractivity (Wildman–Crippen MR) is 88.0 cm³/mol. The Morgan fingerprint density at radius 1 is 1.32 bits per heavy atom. The van der Waals surface area contributed by atoms with Crippen LogP contribution in [-0.2, 0) is 4.79 Å². The molecule has 1 saturated heterocycles. The molecule has 2 atom stereocenters. The van der Waals surface area contributed by atoms with Gasteiger partial charge in [-0.1, -0.05) is 11.6 Å². The highest BCUT2D eigenvalue weighted by Crippen LogP contribution is 2.20. The fraction of sp³-hybridized carbons (Fsp3) is 0.529. The van der Waals surface area contributed by atoms with E-state index in [0.29, 0.717) is 23.0 Å². The van der Waals surface area contributed by atoms with Crippen LogP contribution >= 0.6 is 11.6 Å². The molecule has 2 rings (SSSR count). The van der Waals surface area contributed by atoms with Crippen LogP contribution in [0.15, 0.2) is 24.3 Å². The molecular weight excluding hydrogens is 300 g/mol. The summed E-state index contributed by atoms with van der Waals surface area (Å²) in [5.41, 5.74) is 6.54. The third kappa shape index (κ3) is 4.55. The Balaban J connectivity index is 1.84. The second kappa shape index (κ2) is 7.75. The summed E-state index contributed by atoms with van der Waals surface area (Å²) in [6.07, 6.45) is 2.56. The number of nitrogens with zero attached hydrogens (tertiary/aromatic N) is 1. The molecule has 0 spiro atoms. The number of hydrogen-bond acceptors (Lipinski definition) is 3. The summed E-state index contributed by atoms with van der Waals surface area (Å²) in [5.74, 6) is 0.392. The zero-order chi connectivity index (χ0) is 16.1. The molecule has 1 fully saturated rings. The van der Waals surface area contributed by atoms with Crippen molar-refractivity contribution in [1.29, 1.82) is 0 Å². The van der Waals surface area contributed by atoms with Crippen molar-refractivity contribution < 1.29 is 9.59 Å². The average Bonchev–Trinajstić information content (AvgIpc) is 2.53. The van der Waals surface area contributed by atoms with Gasteiger partial charge in [0.25, 0.3) is 0 Å². The average molecular weight is 323 g/mol. The van der Waals surface area contributed by atoms with Gasteiger partial charge in [0, 0.05) is 42.6 Å². The van der Waals surface area contributed by atoms with Crippen molar-refractivity contribution in [1.82, 2.24) is 4.90 Å². The van der Waals surface area contributed by atoms with Crippen molar-refractivity contribution in [3.63, 3.8) is 0 Å². The van der Waals surface area contributed by atoms with Gasteiger partial charge in [-0.2, -0.15) is 0 Å². The maximum atomic E-state index is 12.3. The number of hydrogen-bond donors (Lipinski definition) is 1. The third-order valence-electron chi connectivity index (χ3n) is 4.29. The molecule has 1 aromatic carbocycles. The van der Waals surface area contributed by atoms with E-state index in [9.17, 15) is 9.59 Å². The Hall–Kier alpha value is -1.39. The number of amides is 1. The van der Waals surface area contributed by atoms with Crippen molar-refractivity contribution in [2.75, 3.05) is 13.1 Å². The van der Waals surface area contributed by atoms with Gasteiger partial charge < -0.3 is 10.6 Å². The van der Waals surface area contributed by atoms with Crippen molar-refractivity contribution in [3.8, 4) is 0 Å². The van der Waals surface area contributed by atoms with E-state index in [4.69, 9.17) is 17.3 Å². The van der Waals surface area contributed by atoms with Crippen LogP contribution in [0.3, 0.4) is 0 Å². The molecule has 120 valence electrons. The number of Topliss-reactive ketones (excluding diaryl/α,β-unsaturated/α-hetero) is 1. The maximum Gasteiger partial charge on any atom is 0.223 e. The van der Waals surface area contributed by atoms with Crippen LogP contribution < -0.4 is 5.73 Å². The monoisotopic (exact) mass is 322 g/mol. The molecule has 0 bridgehead atoms. The molecule has 1 aromatic rings. The fourth-order valence-electron chi connectivity index (χ4n) is 2.82. The fourth-order valence-corrected chi connectivity index (χ4v) is 2.95. The summed E-state index contributed by atoms with van der Waals surface area (Å²) in [4.78, 5) is 26.2. The summed E-state index contributed by atoms with van der Waals surface area (Å²) in [7, 11) is 0. The van der Waals surface area contributed by atoms with E-state index in [2.05, 4.69) is 0 Å². The minimum atomic E-state index is -0.0224. The first-order valence-corrected chi connectivity index (χ1v) is 8.17. The van der Waals surface area contributed by atoms with E-state index < -0.39 is 0 Å². The normalized spacial score (nSPS) is 19.8. The Morgan fingerprint density at radius 2 is 2.00 bits per heavy atom. The van der Waals surface area contributed by atoms with E-state index in [1.807, 2.05) is 11.8 Å². The quantitative estimate of drug-likeness (QED) is 0.848. The van der Waals surface area contributed by atoms with E-state index in [1.165, 1.54) is 0 Å². The van der Waals surface area contributed by atoms with Gasteiger partial charge >= 0.3 is 0 Å². The molecule has 5 heteroatoms. The van der Waals surface area contributed by atoms with Gasteiger partial charge in [-0.25, -0.2) is 0 Å². The number of carbonyl (C=O) groups is 2. The summed E-state index contributed by atoms with van der Waals surface area (Å²) >= 11 is 5.80. The van der Waals surface area contributed by atoms with Gasteiger partial charge in [-0.3, -0.25) is 9.59 Å². The SMILES string of the molecule is CC(N)C1CCCN(C(=O)CCC(=O)c2ccc(Cl)cc2)C1. The van der Waals surface area contributed by atoms with Crippen molar-refractivity contribution in [2.45, 2.75) is 38.6 Å². The van der Waals surface area contributed by atoms with Crippen LogP contribution in [0.2, 0.25) is 5.02 Å². The van der Waals surface area contributed by atoms with Crippen molar-refractivity contribution in [3.05, 3.63) is 34.9 Å². The summed E-state index contributed by atoms with van der Waals surface area (Å²) in [5, 5.41) is 0.600. The smallest absolute Gasteiger partial charge is 0.223 e. The minimum Gasteiger partial charge on any atom is -0.342 e. The number of ketones is 1. The Labute approximate surface area is 136 Å². The highest BCUT2D eigenvalue weighted by molar-refractivity contribution is 6.30. The summed E-state index contributed by atoms with van der Waals surface area (Å²) in [6, 6.07) is 6.87. The predicted octanol–water partition coefficient (Wildman–Crippen LogP) is 2.89. The molecule has 0 saturated carbocycles. The van der Waals surface area contributed by atoms with Crippen molar-refractivity contribution >= 4 is 23.3 Å². The van der Waals surface area contributed by atoms with Crippen LogP contribution in [0.1, 0.15) is 43.0 Å². The Kier molecular flexibility index (Phi) is 5.98. The zero-order valence-corrected chi connectivity index (χ0v) is 13.7. The van der Waals surface area contributed by atoms with Crippen LogP contribution in [0.25, 0.3) is 0 Å².